The zero-order valence-corrected chi connectivity index (χ0v) is 14.0. The monoisotopic (exact) mass is 329 g/mol. The fourth-order valence-corrected chi connectivity index (χ4v) is 3.17. The average Bonchev–Trinajstić information content (AvgIpc) is 2.96. The van der Waals surface area contributed by atoms with Gasteiger partial charge in [-0.05, 0) is 37.1 Å². The van der Waals surface area contributed by atoms with Crippen molar-refractivity contribution in [2.45, 2.75) is 25.1 Å². The molecule has 0 saturated heterocycles. The van der Waals surface area contributed by atoms with E-state index in [0.717, 1.165) is 27.7 Å². The highest BCUT2D eigenvalue weighted by molar-refractivity contribution is 7.99. The van der Waals surface area contributed by atoms with E-state index in [1.807, 2.05) is 60.8 Å². The van der Waals surface area contributed by atoms with Gasteiger partial charge in [0, 0.05) is 11.9 Å². The Labute approximate surface area is 139 Å². The maximum atomic E-state index is 10.2. The molecule has 2 heterocycles. The van der Waals surface area contributed by atoms with E-state index in [4.69, 9.17) is 4.74 Å². The number of thioether (sulfide) groups is 1. The van der Waals surface area contributed by atoms with Crippen LogP contribution in [0.4, 0.5) is 0 Å². The van der Waals surface area contributed by atoms with Crippen LogP contribution in [0.25, 0.3) is 5.65 Å². The molecule has 0 radical (unpaired) electrons. The number of hydrogen-bond acceptors (Lipinski definition) is 5. The Morgan fingerprint density at radius 1 is 1.13 bits per heavy atom. The number of nitrogens with zero attached hydrogens (tertiary/aromatic N) is 3. The number of benzene rings is 1. The number of rotatable bonds is 6. The van der Waals surface area contributed by atoms with E-state index >= 15 is 0 Å². The van der Waals surface area contributed by atoms with Crippen LogP contribution in [0.1, 0.15) is 11.1 Å². The van der Waals surface area contributed by atoms with Gasteiger partial charge in [-0.15, -0.1) is 10.2 Å². The van der Waals surface area contributed by atoms with Gasteiger partial charge in [0.25, 0.3) is 0 Å². The van der Waals surface area contributed by atoms with Gasteiger partial charge in [0.05, 0.1) is 6.10 Å². The molecule has 0 amide bonds. The van der Waals surface area contributed by atoms with Gasteiger partial charge in [0.15, 0.2) is 10.8 Å². The molecule has 23 heavy (non-hydrogen) atoms. The van der Waals surface area contributed by atoms with E-state index in [1.165, 1.54) is 11.8 Å². The number of para-hydroxylation sites is 1. The zero-order valence-electron chi connectivity index (χ0n) is 13.1. The summed E-state index contributed by atoms with van der Waals surface area (Å²) in [6.45, 7) is 4.27. The summed E-state index contributed by atoms with van der Waals surface area (Å²) < 4.78 is 7.69. The van der Waals surface area contributed by atoms with Gasteiger partial charge in [-0.2, -0.15) is 0 Å². The lowest BCUT2D eigenvalue weighted by Gasteiger charge is -2.15. The lowest BCUT2D eigenvalue weighted by Crippen LogP contribution is -2.20. The van der Waals surface area contributed by atoms with Crippen molar-refractivity contribution >= 4 is 17.4 Å². The van der Waals surface area contributed by atoms with Crippen LogP contribution in [0.2, 0.25) is 0 Å². The fourth-order valence-electron chi connectivity index (χ4n) is 2.34. The third-order valence-electron chi connectivity index (χ3n) is 3.52. The summed E-state index contributed by atoms with van der Waals surface area (Å²) in [7, 11) is 0. The maximum absolute atomic E-state index is 10.2. The number of hydrogen-bond donors (Lipinski definition) is 1. The first kappa shape index (κ1) is 15.8. The van der Waals surface area contributed by atoms with E-state index in [1.54, 1.807) is 0 Å². The minimum atomic E-state index is -0.574. The second kappa shape index (κ2) is 7.02. The van der Waals surface area contributed by atoms with E-state index < -0.39 is 6.10 Å². The minimum Gasteiger partial charge on any atom is -0.490 e. The summed E-state index contributed by atoms with van der Waals surface area (Å²) in [5.74, 6) is 1.35. The molecular formula is C17H19N3O2S. The second-order valence-corrected chi connectivity index (χ2v) is 6.40. The zero-order chi connectivity index (χ0) is 16.2. The Balaban J connectivity index is 1.57. The molecule has 6 heteroatoms. The van der Waals surface area contributed by atoms with E-state index in [0.29, 0.717) is 5.75 Å². The third-order valence-corrected chi connectivity index (χ3v) is 4.60. The molecule has 120 valence electrons. The van der Waals surface area contributed by atoms with Crippen LogP contribution in [-0.4, -0.2) is 38.2 Å². The summed E-state index contributed by atoms with van der Waals surface area (Å²) in [4.78, 5) is 0. The van der Waals surface area contributed by atoms with Gasteiger partial charge in [-0.3, -0.25) is 4.40 Å². The molecule has 1 unspecified atom stereocenters. The molecule has 0 fully saturated rings. The highest BCUT2D eigenvalue weighted by Gasteiger charge is 2.12. The van der Waals surface area contributed by atoms with Crippen molar-refractivity contribution in [3.05, 3.63) is 53.7 Å². The SMILES string of the molecule is Cc1cccc(C)c1OCC(O)CSc1nnc2ccccn12. The Morgan fingerprint density at radius 2 is 1.91 bits per heavy atom. The number of aromatic nitrogens is 3. The number of aliphatic hydroxyl groups excluding tert-OH is 1. The van der Waals surface area contributed by atoms with E-state index in [-0.39, 0.29) is 6.61 Å². The number of pyridine rings is 1. The molecule has 3 aromatic rings. The molecule has 0 aliphatic rings. The van der Waals surface area contributed by atoms with E-state index in [9.17, 15) is 5.11 Å². The molecule has 1 aromatic carbocycles. The summed E-state index contributed by atoms with van der Waals surface area (Å²) in [6.07, 6.45) is 1.34. The quantitative estimate of drug-likeness (QED) is 0.705. The summed E-state index contributed by atoms with van der Waals surface area (Å²) in [5.41, 5.74) is 2.96. The van der Waals surface area contributed by atoms with Gasteiger partial charge in [-0.25, -0.2) is 0 Å². The van der Waals surface area contributed by atoms with Crippen molar-refractivity contribution in [1.82, 2.24) is 14.6 Å². The van der Waals surface area contributed by atoms with Crippen LogP contribution < -0.4 is 4.74 Å². The highest BCUT2D eigenvalue weighted by atomic mass is 32.2. The van der Waals surface area contributed by atoms with Gasteiger partial charge < -0.3 is 9.84 Å². The number of ether oxygens (including phenoxy) is 1. The van der Waals surface area contributed by atoms with Crippen molar-refractivity contribution in [3.63, 3.8) is 0 Å². The van der Waals surface area contributed by atoms with Crippen LogP contribution in [-0.2, 0) is 0 Å². The summed E-state index contributed by atoms with van der Waals surface area (Å²) in [6, 6.07) is 11.8. The lowest BCUT2D eigenvalue weighted by atomic mass is 10.1. The standard InChI is InChI=1S/C17H19N3O2S/c1-12-6-5-7-13(2)16(12)22-10-14(21)11-23-17-19-18-15-8-3-4-9-20(15)17/h3-9,14,21H,10-11H2,1-2H3. The Kier molecular flexibility index (Phi) is 4.83. The predicted octanol–water partition coefficient (Wildman–Crippen LogP) is 2.88. The Bertz CT molecular complexity index is 783. The minimum absolute atomic E-state index is 0.259. The van der Waals surface area contributed by atoms with Crippen LogP contribution in [0.5, 0.6) is 5.75 Å². The van der Waals surface area contributed by atoms with Crippen molar-refractivity contribution in [1.29, 1.82) is 0 Å². The Hall–Kier alpha value is -2.05. The number of aliphatic hydroxyl groups is 1. The van der Waals surface area contributed by atoms with Crippen LogP contribution in [0, 0.1) is 13.8 Å². The Morgan fingerprint density at radius 3 is 2.70 bits per heavy atom. The molecule has 2 aromatic heterocycles. The fraction of sp³-hybridized carbons (Fsp3) is 0.294. The van der Waals surface area contributed by atoms with Crippen molar-refractivity contribution in [2.75, 3.05) is 12.4 Å². The predicted molar refractivity (Wildman–Crippen MR) is 91.1 cm³/mol. The topological polar surface area (TPSA) is 59.7 Å². The van der Waals surface area contributed by atoms with Crippen molar-refractivity contribution in [3.8, 4) is 5.75 Å². The highest BCUT2D eigenvalue weighted by Crippen LogP contribution is 2.23. The summed E-state index contributed by atoms with van der Waals surface area (Å²) >= 11 is 1.47. The van der Waals surface area contributed by atoms with Crippen LogP contribution in [0.3, 0.4) is 0 Å². The first-order valence-electron chi connectivity index (χ1n) is 7.45. The van der Waals surface area contributed by atoms with Gasteiger partial charge in [0.1, 0.15) is 12.4 Å². The molecule has 1 N–H and O–H groups in total. The van der Waals surface area contributed by atoms with E-state index in [2.05, 4.69) is 10.2 Å². The first-order chi connectivity index (χ1) is 11.1. The van der Waals surface area contributed by atoms with Crippen molar-refractivity contribution < 1.29 is 9.84 Å². The normalized spacial score (nSPS) is 12.5. The second-order valence-electron chi connectivity index (χ2n) is 5.41. The molecular weight excluding hydrogens is 310 g/mol. The molecule has 1 atom stereocenters. The number of fused-ring (bicyclic) bond motifs is 1. The van der Waals surface area contributed by atoms with Gasteiger partial charge >= 0.3 is 0 Å². The average molecular weight is 329 g/mol. The number of aryl methyl sites for hydroxylation is 2. The first-order valence-corrected chi connectivity index (χ1v) is 8.43. The maximum Gasteiger partial charge on any atom is 0.195 e. The largest absolute Gasteiger partial charge is 0.490 e. The molecule has 0 bridgehead atoms. The lowest BCUT2D eigenvalue weighted by molar-refractivity contribution is 0.125. The molecule has 0 aliphatic heterocycles. The van der Waals surface area contributed by atoms with Crippen molar-refractivity contribution in [2.24, 2.45) is 0 Å². The van der Waals surface area contributed by atoms with Crippen LogP contribution in [0.15, 0.2) is 47.8 Å². The van der Waals surface area contributed by atoms with Gasteiger partial charge in [-0.1, -0.05) is 36.0 Å². The molecule has 0 saturated carbocycles. The summed E-state index contributed by atoms with van der Waals surface area (Å²) in [5, 5.41) is 19.2. The third kappa shape index (κ3) is 3.65. The molecule has 5 nitrogen and oxygen atoms in total. The smallest absolute Gasteiger partial charge is 0.195 e. The molecule has 0 aliphatic carbocycles. The van der Waals surface area contributed by atoms with Gasteiger partial charge in [0.2, 0.25) is 0 Å². The molecule has 3 rings (SSSR count). The van der Waals surface area contributed by atoms with Crippen LogP contribution >= 0.6 is 11.8 Å². The molecule has 0 spiro atoms.